The van der Waals surface area contributed by atoms with E-state index >= 15 is 0 Å². The van der Waals surface area contributed by atoms with E-state index in [0.29, 0.717) is 21.1 Å². The Morgan fingerprint density at radius 1 is 0.944 bits per heavy atom. The topological polar surface area (TPSA) is 64.0 Å². The van der Waals surface area contributed by atoms with Crippen molar-refractivity contribution >= 4 is 44.9 Å². The van der Waals surface area contributed by atoms with E-state index in [2.05, 4.69) is 5.32 Å². The van der Waals surface area contributed by atoms with Crippen LogP contribution >= 0.6 is 23.1 Å². The van der Waals surface area contributed by atoms with Crippen LogP contribution < -0.4 is 10.9 Å². The molecule has 0 aliphatic rings. The predicted octanol–water partition coefficient (Wildman–Crippen LogP) is 6.85. The van der Waals surface area contributed by atoms with E-state index in [1.165, 1.54) is 23.1 Å². The summed E-state index contributed by atoms with van der Waals surface area (Å²) in [5, 5.41) is 3.59. The van der Waals surface area contributed by atoms with Crippen molar-refractivity contribution in [3.63, 3.8) is 0 Å². The van der Waals surface area contributed by atoms with Gasteiger partial charge >= 0.3 is 0 Å². The molecule has 180 valence electrons. The fourth-order valence-corrected chi connectivity index (χ4v) is 6.08. The number of aromatic nitrogens is 2. The van der Waals surface area contributed by atoms with E-state index in [1.54, 1.807) is 4.57 Å². The molecule has 5 aromatic rings. The largest absolute Gasteiger partial charge is 0.325 e. The van der Waals surface area contributed by atoms with Crippen LogP contribution in [0.5, 0.6) is 0 Å². The van der Waals surface area contributed by atoms with E-state index in [0.717, 1.165) is 27.3 Å². The van der Waals surface area contributed by atoms with Crippen LogP contribution in [0.4, 0.5) is 5.69 Å². The van der Waals surface area contributed by atoms with Crippen molar-refractivity contribution in [2.75, 3.05) is 5.32 Å². The highest BCUT2D eigenvalue weighted by molar-refractivity contribution is 8.00. The van der Waals surface area contributed by atoms with Crippen molar-refractivity contribution in [2.24, 2.45) is 0 Å². The van der Waals surface area contributed by atoms with E-state index in [4.69, 9.17) is 4.98 Å². The number of anilines is 1. The van der Waals surface area contributed by atoms with E-state index < -0.39 is 5.25 Å². The van der Waals surface area contributed by atoms with Gasteiger partial charge in [0.2, 0.25) is 5.91 Å². The normalized spacial score (nSPS) is 12.0. The third-order valence-corrected chi connectivity index (χ3v) is 7.97. The fraction of sp³-hybridized carbons (Fsp3) is 0.138. The van der Waals surface area contributed by atoms with Gasteiger partial charge in [-0.25, -0.2) is 4.98 Å². The van der Waals surface area contributed by atoms with Crippen LogP contribution in [0.15, 0.2) is 94.9 Å². The number of aryl methyl sites for hydroxylation is 2. The van der Waals surface area contributed by atoms with Crippen LogP contribution in [0.2, 0.25) is 0 Å². The standard InChI is InChI=1S/C29H25N3O2S2/c1-18-14-16-22(17-15-18)30-26(33)20(3)36-29-31-27-25(28(34)32(29)23-12-8-5-9-13-23)24(19(2)35-27)21-10-6-4-7-11-21/h4-17,20H,1-3H3,(H,30,33). The van der Waals surface area contributed by atoms with Crippen molar-refractivity contribution in [1.82, 2.24) is 9.55 Å². The lowest BCUT2D eigenvalue weighted by Gasteiger charge is -2.16. The Morgan fingerprint density at radius 3 is 2.25 bits per heavy atom. The minimum Gasteiger partial charge on any atom is -0.325 e. The van der Waals surface area contributed by atoms with Gasteiger partial charge in [0.05, 0.1) is 16.3 Å². The van der Waals surface area contributed by atoms with E-state index in [-0.39, 0.29) is 11.5 Å². The average molecular weight is 512 g/mol. The summed E-state index contributed by atoms with van der Waals surface area (Å²) >= 11 is 2.79. The van der Waals surface area contributed by atoms with Gasteiger partial charge in [-0.2, -0.15) is 0 Å². The molecule has 2 aromatic heterocycles. The zero-order chi connectivity index (χ0) is 25.2. The molecule has 3 aromatic carbocycles. The van der Waals surface area contributed by atoms with Gasteiger partial charge in [-0.1, -0.05) is 78.0 Å². The molecule has 1 atom stereocenters. The average Bonchev–Trinajstić information content (AvgIpc) is 3.22. The number of thioether (sulfide) groups is 1. The number of carbonyl (C=O) groups excluding carboxylic acids is 1. The molecular weight excluding hydrogens is 486 g/mol. The Hall–Kier alpha value is -3.68. The number of amides is 1. The first-order valence-corrected chi connectivity index (χ1v) is 13.3. The van der Waals surface area contributed by atoms with Crippen molar-refractivity contribution in [2.45, 2.75) is 31.2 Å². The highest BCUT2D eigenvalue weighted by Gasteiger charge is 2.24. The lowest BCUT2D eigenvalue weighted by molar-refractivity contribution is -0.115. The number of rotatable bonds is 6. The summed E-state index contributed by atoms with van der Waals surface area (Å²) < 4.78 is 1.63. The Balaban J connectivity index is 1.59. The van der Waals surface area contributed by atoms with E-state index in [9.17, 15) is 9.59 Å². The smallest absolute Gasteiger partial charge is 0.268 e. The van der Waals surface area contributed by atoms with Gasteiger partial charge in [-0.05, 0) is 50.6 Å². The molecule has 5 rings (SSSR count). The quantitative estimate of drug-likeness (QED) is 0.200. The minimum absolute atomic E-state index is 0.136. The lowest BCUT2D eigenvalue weighted by atomic mass is 10.0. The third-order valence-electron chi connectivity index (χ3n) is 5.92. The molecular formula is C29H25N3O2S2. The fourth-order valence-electron chi connectivity index (χ4n) is 4.07. The second-order valence-electron chi connectivity index (χ2n) is 8.57. The lowest BCUT2D eigenvalue weighted by Crippen LogP contribution is -2.26. The summed E-state index contributed by atoms with van der Waals surface area (Å²) in [5.41, 5.74) is 4.35. The number of thiophene rings is 1. The Kier molecular flexibility index (Phi) is 6.76. The zero-order valence-electron chi connectivity index (χ0n) is 20.2. The van der Waals surface area contributed by atoms with Crippen LogP contribution in [0.3, 0.4) is 0 Å². The molecule has 1 unspecified atom stereocenters. The van der Waals surface area contributed by atoms with Gasteiger partial charge in [0.25, 0.3) is 5.56 Å². The number of nitrogens with zero attached hydrogens (tertiary/aromatic N) is 2. The molecule has 1 N–H and O–H groups in total. The number of para-hydroxylation sites is 1. The van der Waals surface area contributed by atoms with Crippen molar-refractivity contribution in [1.29, 1.82) is 0 Å². The van der Waals surface area contributed by atoms with Crippen LogP contribution in [-0.2, 0) is 4.79 Å². The van der Waals surface area contributed by atoms with Crippen molar-refractivity contribution in [3.8, 4) is 16.8 Å². The Morgan fingerprint density at radius 2 is 1.58 bits per heavy atom. The van der Waals surface area contributed by atoms with Crippen LogP contribution in [0, 0.1) is 13.8 Å². The third kappa shape index (κ3) is 4.72. The number of fused-ring (bicyclic) bond motifs is 1. The summed E-state index contributed by atoms with van der Waals surface area (Å²) in [7, 11) is 0. The molecule has 7 heteroatoms. The van der Waals surface area contributed by atoms with E-state index in [1.807, 2.05) is 106 Å². The van der Waals surface area contributed by atoms with Gasteiger partial charge in [-0.3, -0.25) is 14.2 Å². The number of hydrogen-bond acceptors (Lipinski definition) is 5. The highest BCUT2D eigenvalue weighted by atomic mass is 32.2. The van der Waals surface area contributed by atoms with Crippen molar-refractivity contribution < 1.29 is 4.79 Å². The Labute approximate surface area is 217 Å². The molecule has 0 radical (unpaired) electrons. The van der Waals surface area contributed by atoms with Gasteiger partial charge < -0.3 is 5.32 Å². The summed E-state index contributed by atoms with van der Waals surface area (Å²) in [6, 6.07) is 27.1. The summed E-state index contributed by atoms with van der Waals surface area (Å²) in [6.07, 6.45) is 0. The molecule has 0 aliphatic carbocycles. The van der Waals surface area contributed by atoms with Crippen LogP contribution in [-0.4, -0.2) is 20.7 Å². The maximum absolute atomic E-state index is 14.0. The number of benzene rings is 3. The minimum atomic E-state index is -0.472. The summed E-state index contributed by atoms with van der Waals surface area (Å²) in [4.78, 5) is 33.7. The molecule has 5 nitrogen and oxygen atoms in total. The molecule has 0 aliphatic heterocycles. The van der Waals surface area contributed by atoms with Gasteiger partial charge in [-0.15, -0.1) is 11.3 Å². The molecule has 0 spiro atoms. The number of carbonyl (C=O) groups is 1. The Bertz CT molecular complexity index is 1590. The second kappa shape index (κ2) is 10.1. The molecule has 2 heterocycles. The molecule has 0 saturated heterocycles. The maximum Gasteiger partial charge on any atom is 0.268 e. The number of hydrogen-bond donors (Lipinski definition) is 1. The monoisotopic (exact) mass is 511 g/mol. The van der Waals surface area contributed by atoms with Crippen molar-refractivity contribution in [3.05, 3.63) is 106 Å². The molecule has 0 saturated carbocycles. The van der Waals surface area contributed by atoms with Gasteiger partial charge in [0.1, 0.15) is 4.83 Å². The molecule has 0 fully saturated rings. The SMILES string of the molecule is Cc1ccc(NC(=O)C(C)Sc2nc3sc(C)c(-c4ccccc4)c3c(=O)n2-c2ccccc2)cc1. The second-order valence-corrected chi connectivity index (χ2v) is 11.1. The molecule has 36 heavy (non-hydrogen) atoms. The predicted molar refractivity (Wildman–Crippen MR) is 151 cm³/mol. The molecule has 1 amide bonds. The van der Waals surface area contributed by atoms with Crippen LogP contribution in [0.1, 0.15) is 17.4 Å². The maximum atomic E-state index is 14.0. The first kappa shape index (κ1) is 24.0. The molecule has 0 bridgehead atoms. The highest BCUT2D eigenvalue weighted by Crippen LogP contribution is 2.37. The first-order valence-electron chi connectivity index (χ1n) is 11.6. The van der Waals surface area contributed by atoms with Gasteiger partial charge in [0, 0.05) is 16.1 Å². The zero-order valence-corrected chi connectivity index (χ0v) is 21.8. The van der Waals surface area contributed by atoms with Crippen LogP contribution in [0.25, 0.3) is 27.0 Å². The van der Waals surface area contributed by atoms with Gasteiger partial charge in [0.15, 0.2) is 5.16 Å². The summed E-state index contributed by atoms with van der Waals surface area (Å²) in [6.45, 7) is 5.85. The number of nitrogens with one attached hydrogen (secondary N) is 1. The first-order chi connectivity index (χ1) is 17.4. The summed E-state index contributed by atoms with van der Waals surface area (Å²) in [5.74, 6) is -0.148.